The van der Waals surface area contributed by atoms with E-state index in [2.05, 4.69) is 22.1 Å². The predicted molar refractivity (Wildman–Crippen MR) is 66.7 cm³/mol. The van der Waals surface area contributed by atoms with Crippen LogP contribution in [0.3, 0.4) is 0 Å². The molecule has 1 aromatic heterocycles. The molecule has 1 aliphatic carbocycles. The summed E-state index contributed by atoms with van der Waals surface area (Å²) in [7, 11) is 0. The number of H-pyrrole nitrogens is 1. The molecule has 1 aromatic carbocycles. The van der Waals surface area contributed by atoms with Gasteiger partial charge in [0.25, 0.3) is 5.56 Å². The van der Waals surface area contributed by atoms with Gasteiger partial charge >= 0.3 is 0 Å². The Morgan fingerprint density at radius 2 is 2.00 bits per heavy atom. The molecule has 0 spiro atoms. The maximum atomic E-state index is 11.3. The van der Waals surface area contributed by atoms with Gasteiger partial charge in [-0.3, -0.25) is 9.78 Å². The maximum absolute atomic E-state index is 11.3. The van der Waals surface area contributed by atoms with Crippen molar-refractivity contribution < 1.29 is 0 Å². The zero-order valence-corrected chi connectivity index (χ0v) is 9.36. The lowest BCUT2D eigenvalue weighted by Gasteiger charge is -2.04. The highest BCUT2D eigenvalue weighted by Crippen LogP contribution is 2.26. The molecule has 4 heteroatoms. The minimum absolute atomic E-state index is 0.160. The number of aromatic amines is 1. The zero-order valence-electron chi connectivity index (χ0n) is 9.36. The first kappa shape index (κ1) is 10.1. The van der Waals surface area contributed by atoms with Gasteiger partial charge in [-0.2, -0.15) is 0 Å². The molecule has 0 atom stereocenters. The van der Waals surface area contributed by atoms with Gasteiger partial charge in [-0.25, -0.2) is 4.98 Å². The molecule has 0 saturated heterocycles. The Morgan fingerprint density at radius 1 is 1.18 bits per heavy atom. The van der Waals surface area contributed by atoms with Gasteiger partial charge in [0.2, 0.25) is 5.95 Å². The van der Waals surface area contributed by atoms with Crippen molar-refractivity contribution in [1.82, 2.24) is 9.97 Å². The minimum atomic E-state index is -0.215. The highest BCUT2D eigenvalue weighted by Gasteiger charge is 2.12. The van der Waals surface area contributed by atoms with Crippen LogP contribution < -0.4 is 11.3 Å². The van der Waals surface area contributed by atoms with E-state index in [1.54, 1.807) is 0 Å². The topological polar surface area (TPSA) is 71.8 Å². The number of anilines is 1. The molecule has 1 heterocycles. The van der Waals surface area contributed by atoms with Gasteiger partial charge < -0.3 is 5.73 Å². The lowest BCUT2D eigenvalue weighted by molar-refractivity contribution is 0.912. The van der Waals surface area contributed by atoms with Crippen LogP contribution in [-0.2, 0) is 12.8 Å². The SMILES string of the molecule is Nc1nc(-c2ccc3c(c2)CCC3)cc(=O)[nH]1. The number of hydrogen-bond donors (Lipinski definition) is 2. The van der Waals surface area contributed by atoms with Crippen LogP contribution in [0.15, 0.2) is 29.1 Å². The first-order valence-corrected chi connectivity index (χ1v) is 5.71. The van der Waals surface area contributed by atoms with Crippen LogP contribution in [-0.4, -0.2) is 9.97 Å². The molecule has 0 aliphatic heterocycles. The number of nitrogens with two attached hydrogens (primary N) is 1. The molecule has 0 bridgehead atoms. The molecular weight excluding hydrogens is 214 g/mol. The summed E-state index contributed by atoms with van der Waals surface area (Å²) < 4.78 is 0. The van der Waals surface area contributed by atoms with E-state index in [9.17, 15) is 4.79 Å². The number of hydrogen-bond acceptors (Lipinski definition) is 3. The molecule has 0 fully saturated rings. The molecule has 4 nitrogen and oxygen atoms in total. The van der Waals surface area contributed by atoms with Crippen LogP contribution in [0.2, 0.25) is 0 Å². The fourth-order valence-electron chi connectivity index (χ4n) is 2.36. The fourth-order valence-corrected chi connectivity index (χ4v) is 2.36. The van der Waals surface area contributed by atoms with Gasteiger partial charge in [-0.15, -0.1) is 0 Å². The molecule has 0 saturated carbocycles. The second-order valence-corrected chi connectivity index (χ2v) is 4.35. The van der Waals surface area contributed by atoms with Gasteiger partial charge in [0.15, 0.2) is 0 Å². The van der Waals surface area contributed by atoms with E-state index < -0.39 is 0 Å². The lowest BCUT2D eigenvalue weighted by atomic mass is 10.0. The molecule has 3 N–H and O–H groups in total. The quantitative estimate of drug-likeness (QED) is 0.775. The predicted octanol–water partition coefficient (Wildman–Crippen LogP) is 1.51. The number of benzene rings is 1. The van der Waals surface area contributed by atoms with Crippen molar-refractivity contribution in [3.05, 3.63) is 45.7 Å². The highest BCUT2D eigenvalue weighted by atomic mass is 16.1. The second-order valence-electron chi connectivity index (χ2n) is 4.35. The van der Waals surface area contributed by atoms with E-state index in [0.29, 0.717) is 5.69 Å². The van der Waals surface area contributed by atoms with E-state index in [-0.39, 0.29) is 11.5 Å². The van der Waals surface area contributed by atoms with Crippen molar-refractivity contribution in [2.75, 3.05) is 5.73 Å². The van der Waals surface area contributed by atoms with Gasteiger partial charge in [0, 0.05) is 11.6 Å². The number of aromatic nitrogens is 2. The Balaban J connectivity index is 2.12. The normalized spacial score (nSPS) is 13.6. The first-order valence-electron chi connectivity index (χ1n) is 5.71. The van der Waals surface area contributed by atoms with Crippen LogP contribution in [0.5, 0.6) is 0 Å². The van der Waals surface area contributed by atoms with Crippen molar-refractivity contribution in [2.24, 2.45) is 0 Å². The third kappa shape index (κ3) is 1.82. The number of nitrogen functional groups attached to an aromatic ring is 1. The molecular formula is C13H13N3O. The standard InChI is InChI=1S/C13H13N3O/c14-13-15-11(7-12(17)16-13)10-5-4-8-2-1-3-9(8)6-10/h4-7H,1-3H2,(H3,14,15,16,17). The number of aryl methyl sites for hydroxylation is 2. The molecule has 0 radical (unpaired) electrons. The van der Waals surface area contributed by atoms with E-state index in [0.717, 1.165) is 18.4 Å². The molecule has 0 amide bonds. The Kier molecular flexibility index (Phi) is 2.21. The third-order valence-corrected chi connectivity index (χ3v) is 3.15. The van der Waals surface area contributed by atoms with Crippen molar-refractivity contribution in [1.29, 1.82) is 0 Å². The van der Waals surface area contributed by atoms with Gasteiger partial charge in [-0.05, 0) is 36.5 Å². The molecule has 2 aromatic rings. The monoisotopic (exact) mass is 227 g/mol. The summed E-state index contributed by atoms with van der Waals surface area (Å²) in [5, 5.41) is 0. The van der Waals surface area contributed by atoms with Gasteiger partial charge in [0.05, 0.1) is 5.69 Å². The second kappa shape index (κ2) is 3.73. The van der Waals surface area contributed by atoms with Gasteiger partial charge in [-0.1, -0.05) is 12.1 Å². The number of nitrogens with one attached hydrogen (secondary N) is 1. The lowest BCUT2D eigenvalue weighted by Crippen LogP contribution is -2.10. The van der Waals surface area contributed by atoms with Crippen molar-refractivity contribution in [2.45, 2.75) is 19.3 Å². The van der Waals surface area contributed by atoms with E-state index in [1.807, 2.05) is 6.07 Å². The fraction of sp³-hybridized carbons (Fsp3) is 0.231. The summed E-state index contributed by atoms with van der Waals surface area (Å²) in [4.78, 5) is 17.9. The average Bonchev–Trinajstić information content (AvgIpc) is 2.74. The minimum Gasteiger partial charge on any atom is -0.369 e. The Labute approximate surface area is 98.5 Å². The summed E-state index contributed by atoms with van der Waals surface area (Å²) in [6.45, 7) is 0. The van der Waals surface area contributed by atoms with E-state index >= 15 is 0 Å². The number of rotatable bonds is 1. The largest absolute Gasteiger partial charge is 0.369 e. The maximum Gasteiger partial charge on any atom is 0.252 e. The molecule has 17 heavy (non-hydrogen) atoms. The highest BCUT2D eigenvalue weighted by molar-refractivity contribution is 5.62. The van der Waals surface area contributed by atoms with Crippen molar-refractivity contribution in [3.8, 4) is 11.3 Å². The summed E-state index contributed by atoms with van der Waals surface area (Å²) in [6, 6.07) is 7.72. The van der Waals surface area contributed by atoms with Crippen molar-refractivity contribution >= 4 is 5.95 Å². The summed E-state index contributed by atoms with van der Waals surface area (Å²) in [6.07, 6.45) is 3.48. The molecule has 0 unspecified atom stereocenters. The third-order valence-electron chi connectivity index (χ3n) is 3.15. The summed E-state index contributed by atoms with van der Waals surface area (Å²) in [5.41, 5.74) is 9.70. The zero-order chi connectivity index (χ0) is 11.8. The van der Waals surface area contributed by atoms with Crippen LogP contribution in [0.25, 0.3) is 11.3 Å². The smallest absolute Gasteiger partial charge is 0.252 e. The summed E-state index contributed by atoms with van der Waals surface area (Å²) in [5.74, 6) is 0.160. The number of nitrogens with zero attached hydrogens (tertiary/aromatic N) is 1. The number of fused-ring (bicyclic) bond motifs is 1. The van der Waals surface area contributed by atoms with Crippen LogP contribution >= 0.6 is 0 Å². The molecule has 86 valence electrons. The van der Waals surface area contributed by atoms with Crippen LogP contribution in [0.1, 0.15) is 17.5 Å². The first-order chi connectivity index (χ1) is 8.22. The van der Waals surface area contributed by atoms with Crippen LogP contribution in [0, 0.1) is 0 Å². The molecule has 1 aliphatic rings. The van der Waals surface area contributed by atoms with Crippen molar-refractivity contribution in [3.63, 3.8) is 0 Å². The van der Waals surface area contributed by atoms with E-state index in [4.69, 9.17) is 5.73 Å². The Hall–Kier alpha value is -2.10. The van der Waals surface area contributed by atoms with Crippen LogP contribution in [0.4, 0.5) is 5.95 Å². The molecule has 3 rings (SSSR count). The average molecular weight is 227 g/mol. The van der Waals surface area contributed by atoms with E-state index in [1.165, 1.54) is 23.6 Å². The van der Waals surface area contributed by atoms with Gasteiger partial charge in [0.1, 0.15) is 0 Å². The Bertz CT molecular complexity index is 631. The summed E-state index contributed by atoms with van der Waals surface area (Å²) >= 11 is 0. The Morgan fingerprint density at radius 3 is 2.82 bits per heavy atom.